The minimum absolute atomic E-state index is 0.269. The number of aromatic nitrogens is 6. The summed E-state index contributed by atoms with van der Waals surface area (Å²) in [4.78, 5) is 6.65. The van der Waals surface area contributed by atoms with Gasteiger partial charge in [-0.2, -0.15) is 4.98 Å². The van der Waals surface area contributed by atoms with E-state index in [0.29, 0.717) is 54.7 Å². The maximum Gasteiger partial charge on any atom is 0.244 e. The number of fused-ring (bicyclic) bond motifs is 2. The van der Waals surface area contributed by atoms with Crippen molar-refractivity contribution in [2.75, 3.05) is 52.1 Å². The number of halogens is 3. The number of alkyl halides is 3. The topological polar surface area (TPSA) is 94.6 Å². The van der Waals surface area contributed by atoms with Crippen molar-refractivity contribution in [3.63, 3.8) is 0 Å². The maximum absolute atomic E-state index is 15.0. The van der Waals surface area contributed by atoms with Crippen LogP contribution < -0.4 is 10.1 Å². The monoisotopic (exact) mass is 516 g/mol. The maximum atomic E-state index is 15.0. The number of anilines is 1. The molecule has 0 radical (unpaired) electrons. The van der Waals surface area contributed by atoms with E-state index in [1.54, 1.807) is 22.8 Å². The third kappa shape index (κ3) is 4.25. The number of methoxy groups -OCH3 is 1. The number of nitrogens with one attached hydrogen (secondary N) is 1. The van der Waals surface area contributed by atoms with E-state index in [-0.39, 0.29) is 5.95 Å². The van der Waals surface area contributed by atoms with E-state index in [4.69, 9.17) is 9.47 Å². The molecule has 2 fully saturated rings. The molecule has 4 aromatic rings. The van der Waals surface area contributed by atoms with Gasteiger partial charge in [0.25, 0.3) is 0 Å². The van der Waals surface area contributed by atoms with Gasteiger partial charge in [0.2, 0.25) is 11.8 Å². The SMILES string of the molecule is COc1nc(N[C@H]2CCN(C3COC3)C[C@@H]2F)nn2ccc(-c3ccc4nnn(C(CF)CF)c4c3)c12. The van der Waals surface area contributed by atoms with Crippen molar-refractivity contribution in [1.29, 1.82) is 0 Å². The van der Waals surface area contributed by atoms with E-state index in [2.05, 4.69) is 30.6 Å². The lowest BCUT2D eigenvalue weighted by molar-refractivity contribution is -0.0794. The molecule has 2 aliphatic rings. The number of hydrogen-bond donors (Lipinski definition) is 1. The lowest BCUT2D eigenvalue weighted by Gasteiger charge is -2.42. The fourth-order valence-corrected chi connectivity index (χ4v) is 5.00. The Kier molecular flexibility index (Phi) is 6.32. The lowest BCUT2D eigenvalue weighted by Crippen LogP contribution is -2.57. The van der Waals surface area contributed by atoms with Crippen LogP contribution in [0.4, 0.5) is 19.1 Å². The van der Waals surface area contributed by atoms with Crippen molar-refractivity contribution < 1.29 is 22.6 Å². The van der Waals surface area contributed by atoms with E-state index in [9.17, 15) is 13.2 Å². The summed E-state index contributed by atoms with van der Waals surface area (Å²) in [6.45, 7) is 0.668. The van der Waals surface area contributed by atoms with Crippen LogP contribution in [0.15, 0.2) is 30.5 Å². The first-order valence-corrected chi connectivity index (χ1v) is 12.2. The second-order valence-corrected chi connectivity index (χ2v) is 9.41. The molecule has 0 aliphatic carbocycles. The summed E-state index contributed by atoms with van der Waals surface area (Å²) < 4.78 is 55.4. The normalized spacial score (nSPS) is 21.1. The van der Waals surface area contributed by atoms with E-state index >= 15 is 0 Å². The molecular weight excluding hydrogens is 489 g/mol. The van der Waals surface area contributed by atoms with Crippen molar-refractivity contribution in [2.45, 2.75) is 30.7 Å². The number of hydrogen-bond acceptors (Lipinski definition) is 8. The molecule has 37 heavy (non-hydrogen) atoms. The lowest BCUT2D eigenvalue weighted by atomic mass is 10.0. The first kappa shape index (κ1) is 23.9. The molecule has 5 heterocycles. The Bertz CT molecular complexity index is 1400. The van der Waals surface area contributed by atoms with Crippen LogP contribution in [-0.2, 0) is 4.74 Å². The summed E-state index contributed by atoms with van der Waals surface area (Å²) in [7, 11) is 1.51. The number of nitrogens with zero attached hydrogens (tertiary/aromatic N) is 7. The van der Waals surface area contributed by atoms with Gasteiger partial charge in [0.15, 0.2) is 0 Å². The van der Waals surface area contributed by atoms with Crippen molar-refractivity contribution >= 4 is 22.5 Å². The molecule has 2 aliphatic heterocycles. The van der Waals surface area contributed by atoms with Crippen molar-refractivity contribution in [1.82, 2.24) is 34.5 Å². The highest BCUT2D eigenvalue weighted by Crippen LogP contribution is 2.33. The summed E-state index contributed by atoms with van der Waals surface area (Å²) >= 11 is 0. The average molecular weight is 517 g/mol. The third-order valence-corrected chi connectivity index (χ3v) is 7.18. The molecule has 0 saturated carbocycles. The minimum Gasteiger partial charge on any atom is -0.479 e. The van der Waals surface area contributed by atoms with Gasteiger partial charge in [0.1, 0.15) is 36.6 Å². The molecule has 2 saturated heterocycles. The molecule has 3 aromatic heterocycles. The standard InChI is InChI=1S/C24H27F3N8O2/c1-36-23-22-17(14-2-3-20-21(8-14)35(32-30-20)15(9-25)10-26)4-7-34(22)31-24(29-23)28-19-5-6-33(11-18(19)27)16-12-37-13-16/h2-4,7-8,15-16,18-19H,5-6,9-13H2,1H3,(H,28,31)/t18-,19-/m0/s1. The molecule has 6 rings (SSSR count). The Morgan fingerprint density at radius 2 is 2.05 bits per heavy atom. The smallest absolute Gasteiger partial charge is 0.244 e. The number of rotatable bonds is 8. The van der Waals surface area contributed by atoms with Crippen LogP contribution >= 0.6 is 0 Å². The largest absolute Gasteiger partial charge is 0.479 e. The molecule has 0 amide bonds. The van der Waals surface area contributed by atoms with Crippen molar-refractivity contribution in [2.24, 2.45) is 0 Å². The minimum atomic E-state index is -1.07. The van der Waals surface area contributed by atoms with Crippen LogP contribution in [0.1, 0.15) is 12.5 Å². The Balaban J connectivity index is 1.29. The fraction of sp³-hybridized carbons (Fsp3) is 0.500. The molecule has 1 aromatic carbocycles. The molecular formula is C24H27F3N8O2. The number of ether oxygens (including phenoxy) is 2. The summed E-state index contributed by atoms with van der Waals surface area (Å²) in [5.74, 6) is 0.583. The first-order chi connectivity index (χ1) is 18.1. The van der Waals surface area contributed by atoms with Gasteiger partial charge in [-0.3, -0.25) is 4.90 Å². The van der Waals surface area contributed by atoms with Gasteiger partial charge in [-0.05, 0) is 30.2 Å². The number of likely N-dealkylation sites (tertiary alicyclic amines) is 1. The molecule has 0 spiro atoms. The van der Waals surface area contributed by atoms with Gasteiger partial charge in [0, 0.05) is 24.8 Å². The second kappa shape index (κ2) is 9.78. The van der Waals surface area contributed by atoms with Crippen LogP contribution in [0.5, 0.6) is 5.88 Å². The summed E-state index contributed by atoms with van der Waals surface area (Å²) in [6.07, 6.45) is 1.32. The zero-order chi connectivity index (χ0) is 25.5. The van der Waals surface area contributed by atoms with Crippen LogP contribution in [0.2, 0.25) is 0 Å². The second-order valence-electron chi connectivity index (χ2n) is 9.41. The fourth-order valence-electron chi connectivity index (χ4n) is 5.00. The highest BCUT2D eigenvalue weighted by molar-refractivity contribution is 5.89. The summed E-state index contributed by atoms with van der Waals surface area (Å²) in [6, 6.07) is 6.08. The third-order valence-electron chi connectivity index (χ3n) is 7.18. The van der Waals surface area contributed by atoms with Gasteiger partial charge >= 0.3 is 0 Å². The molecule has 13 heteroatoms. The van der Waals surface area contributed by atoms with Crippen LogP contribution in [0.3, 0.4) is 0 Å². The molecule has 2 atom stereocenters. The van der Waals surface area contributed by atoms with Gasteiger partial charge in [0.05, 0.1) is 37.9 Å². The van der Waals surface area contributed by atoms with Gasteiger partial charge in [-0.1, -0.05) is 11.3 Å². The molecule has 1 N–H and O–H groups in total. The Morgan fingerprint density at radius 3 is 2.76 bits per heavy atom. The Labute approximate surface area is 210 Å². The predicted octanol–water partition coefficient (Wildman–Crippen LogP) is 2.85. The quantitative estimate of drug-likeness (QED) is 0.382. The zero-order valence-corrected chi connectivity index (χ0v) is 20.2. The van der Waals surface area contributed by atoms with E-state index < -0.39 is 31.6 Å². The van der Waals surface area contributed by atoms with Crippen molar-refractivity contribution in [3.8, 4) is 17.0 Å². The Hall–Kier alpha value is -3.45. The highest BCUT2D eigenvalue weighted by Gasteiger charge is 2.35. The Morgan fingerprint density at radius 1 is 1.22 bits per heavy atom. The number of benzene rings is 1. The summed E-state index contributed by atoms with van der Waals surface area (Å²) in [5, 5.41) is 15.7. The first-order valence-electron chi connectivity index (χ1n) is 12.2. The average Bonchev–Trinajstić information content (AvgIpc) is 3.49. The van der Waals surface area contributed by atoms with Gasteiger partial charge in [-0.15, -0.1) is 10.2 Å². The highest BCUT2D eigenvalue weighted by atomic mass is 19.1. The molecule has 10 nitrogen and oxygen atoms in total. The predicted molar refractivity (Wildman–Crippen MR) is 130 cm³/mol. The van der Waals surface area contributed by atoms with Crippen LogP contribution in [0.25, 0.3) is 27.7 Å². The molecule has 0 unspecified atom stereocenters. The van der Waals surface area contributed by atoms with E-state index in [1.807, 2.05) is 12.1 Å². The number of piperidine rings is 1. The molecule has 0 bridgehead atoms. The zero-order valence-electron chi connectivity index (χ0n) is 20.2. The molecule has 196 valence electrons. The van der Waals surface area contributed by atoms with Gasteiger partial charge in [-0.25, -0.2) is 22.4 Å². The van der Waals surface area contributed by atoms with E-state index in [1.165, 1.54) is 11.8 Å². The summed E-state index contributed by atoms with van der Waals surface area (Å²) in [5.41, 5.74) is 3.17. The van der Waals surface area contributed by atoms with E-state index in [0.717, 1.165) is 17.7 Å². The van der Waals surface area contributed by atoms with Crippen LogP contribution in [-0.4, -0.2) is 99.5 Å². The van der Waals surface area contributed by atoms with Gasteiger partial charge < -0.3 is 14.8 Å². The van der Waals surface area contributed by atoms with Crippen molar-refractivity contribution in [3.05, 3.63) is 30.5 Å². The van der Waals surface area contributed by atoms with Crippen LogP contribution in [0, 0.1) is 0 Å².